The number of anilines is 2. The molecular weight excluding hydrogens is 841 g/mol. The van der Waals surface area contributed by atoms with Crippen LogP contribution < -0.4 is 28.2 Å². The van der Waals surface area contributed by atoms with Crippen molar-refractivity contribution in [2.75, 3.05) is 30.5 Å². The SMILES string of the molecule is COc1ccc(CN(c2ncns2)S(=O)(=O)c2cc(F)c(Oc3ccc(OC)cc3-c3ccc4onc(N(C(=O)OC(C)(C)C)C(=O)OC(C)(C)C)c4c3)cc2F)c(OC)c1. The molecule has 4 aromatic carbocycles. The van der Waals surface area contributed by atoms with Crippen molar-refractivity contribution in [1.29, 1.82) is 0 Å². The van der Waals surface area contributed by atoms with Gasteiger partial charge in [0, 0.05) is 40.9 Å². The minimum atomic E-state index is -4.84. The number of nitrogens with zero attached hydrogens (tertiary/aromatic N) is 5. The monoisotopic (exact) mass is 881 g/mol. The number of aromatic nitrogens is 3. The minimum absolute atomic E-state index is 0.0229. The molecule has 2 aromatic heterocycles. The quantitative estimate of drug-likeness (QED) is 0.113. The first kappa shape index (κ1) is 44.0. The largest absolute Gasteiger partial charge is 0.497 e. The highest BCUT2D eigenvalue weighted by molar-refractivity contribution is 7.93. The molecule has 0 atom stereocenters. The molecule has 0 aliphatic carbocycles. The Hall–Kier alpha value is -6.54. The summed E-state index contributed by atoms with van der Waals surface area (Å²) < 4.78 is 104. The minimum Gasteiger partial charge on any atom is -0.497 e. The summed E-state index contributed by atoms with van der Waals surface area (Å²) in [6.07, 6.45) is -1.03. The zero-order valence-corrected chi connectivity index (χ0v) is 36.1. The fraction of sp³-hybridized carbons (Fsp3) is 0.293. The Kier molecular flexibility index (Phi) is 12.4. The number of carbonyl (C=O) groups excluding carboxylic acids is 2. The normalized spacial score (nSPS) is 11.9. The second-order valence-corrected chi connectivity index (χ2v) is 17.7. The number of carbonyl (C=O) groups is 2. The summed E-state index contributed by atoms with van der Waals surface area (Å²) in [4.78, 5) is 30.6. The Morgan fingerprint density at radius 3 is 2.03 bits per heavy atom. The molecule has 16 nitrogen and oxygen atoms in total. The number of halogens is 2. The number of rotatable bonds is 12. The fourth-order valence-electron chi connectivity index (χ4n) is 5.76. The molecule has 0 spiro atoms. The lowest BCUT2D eigenvalue weighted by molar-refractivity contribution is 0.0427. The third-order valence-electron chi connectivity index (χ3n) is 8.46. The van der Waals surface area contributed by atoms with Crippen LogP contribution in [0, 0.1) is 11.6 Å². The smallest absolute Gasteiger partial charge is 0.425 e. The molecule has 0 radical (unpaired) electrons. The number of methoxy groups -OCH3 is 3. The number of ether oxygens (including phenoxy) is 6. The van der Waals surface area contributed by atoms with E-state index in [1.54, 1.807) is 71.9 Å². The number of fused-ring (bicyclic) bond motifs is 1. The molecule has 0 bridgehead atoms. The van der Waals surface area contributed by atoms with E-state index in [1.165, 1.54) is 45.6 Å². The van der Waals surface area contributed by atoms with Gasteiger partial charge in [-0.1, -0.05) is 11.2 Å². The molecule has 0 aliphatic rings. The van der Waals surface area contributed by atoms with Crippen LogP contribution in [0.3, 0.4) is 0 Å². The van der Waals surface area contributed by atoms with Gasteiger partial charge in [0.25, 0.3) is 10.0 Å². The molecule has 322 valence electrons. The lowest BCUT2D eigenvalue weighted by Gasteiger charge is -2.27. The van der Waals surface area contributed by atoms with Crippen molar-refractivity contribution in [2.24, 2.45) is 0 Å². The van der Waals surface area contributed by atoms with Crippen LogP contribution in [0.5, 0.6) is 28.7 Å². The van der Waals surface area contributed by atoms with Gasteiger partial charge in [-0.3, -0.25) is 0 Å². The van der Waals surface area contributed by atoms with Crippen molar-refractivity contribution in [1.82, 2.24) is 14.5 Å². The summed E-state index contributed by atoms with van der Waals surface area (Å²) in [7, 11) is -0.574. The molecule has 0 unspecified atom stereocenters. The zero-order valence-electron chi connectivity index (χ0n) is 34.4. The van der Waals surface area contributed by atoms with Gasteiger partial charge in [-0.2, -0.15) is 9.27 Å². The van der Waals surface area contributed by atoms with Crippen LogP contribution in [0.15, 0.2) is 82.5 Å². The first-order valence-corrected chi connectivity index (χ1v) is 20.5. The van der Waals surface area contributed by atoms with Crippen LogP contribution in [0.2, 0.25) is 0 Å². The first-order valence-electron chi connectivity index (χ1n) is 18.2. The predicted molar refractivity (Wildman–Crippen MR) is 220 cm³/mol. The summed E-state index contributed by atoms with van der Waals surface area (Å²) in [5.74, 6) is -2.41. The van der Waals surface area contributed by atoms with Crippen molar-refractivity contribution >= 4 is 55.7 Å². The van der Waals surface area contributed by atoms with Gasteiger partial charge >= 0.3 is 12.2 Å². The third-order valence-corrected chi connectivity index (χ3v) is 11.0. The Bertz CT molecular complexity index is 2670. The van der Waals surface area contributed by atoms with E-state index < -0.39 is 55.7 Å². The summed E-state index contributed by atoms with van der Waals surface area (Å²) in [5.41, 5.74) is -0.846. The Balaban J connectivity index is 1.39. The number of hydrogen-bond donors (Lipinski definition) is 0. The van der Waals surface area contributed by atoms with Crippen LogP contribution in [-0.2, 0) is 26.0 Å². The molecule has 2 heterocycles. The van der Waals surface area contributed by atoms with E-state index in [1.807, 2.05) is 0 Å². The maximum Gasteiger partial charge on any atom is 0.425 e. The van der Waals surface area contributed by atoms with Crippen molar-refractivity contribution < 1.29 is 59.7 Å². The molecule has 20 heteroatoms. The van der Waals surface area contributed by atoms with E-state index >= 15 is 8.78 Å². The van der Waals surface area contributed by atoms with Gasteiger partial charge in [-0.15, -0.1) is 0 Å². The Morgan fingerprint density at radius 2 is 1.43 bits per heavy atom. The van der Waals surface area contributed by atoms with Crippen molar-refractivity contribution in [2.45, 2.75) is 64.2 Å². The maximum atomic E-state index is 16.1. The van der Waals surface area contributed by atoms with Gasteiger partial charge in [-0.05, 0) is 89.6 Å². The molecule has 61 heavy (non-hydrogen) atoms. The fourth-order valence-corrected chi connectivity index (χ4v) is 7.95. The number of hydrogen-bond acceptors (Lipinski definition) is 15. The number of imide groups is 1. The molecule has 0 saturated carbocycles. The van der Waals surface area contributed by atoms with Gasteiger partial charge < -0.3 is 32.9 Å². The van der Waals surface area contributed by atoms with Crippen molar-refractivity contribution in [3.8, 4) is 39.9 Å². The van der Waals surface area contributed by atoms with E-state index in [9.17, 15) is 18.0 Å². The number of benzene rings is 4. The predicted octanol–water partition coefficient (Wildman–Crippen LogP) is 9.51. The summed E-state index contributed by atoms with van der Waals surface area (Å²) in [5, 5.41) is 4.06. The van der Waals surface area contributed by atoms with Gasteiger partial charge in [0.05, 0.1) is 33.3 Å². The Labute approximate surface area is 353 Å². The first-order chi connectivity index (χ1) is 28.7. The standard InChI is InChI=1S/C41H41F2N5O11S2/c1-40(2,3)57-38(49)48(39(50)58-41(4,5)6)36-28-16-23(11-14-32(28)59-46-36)27-17-25(53-7)13-15-31(27)56-34-19-30(43)35(20-29(34)42)61(51,52)47(37-44-22-45-60-37)21-24-10-12-26(54-8)18-33(24)55-9/h10-20,22H,21H2,1-9H3. The maximum absolute atomic E-state index is 16.1. The van der Waals surface area contributed by atoms with E-state index in [-0.39, 0.29) is 45.5 Å². The highest BCUT2D eigenvalue weighted by atomic mass is 32.2. The summed E-state index contributed by atoms with van der Waals surface area (Å²) >= 11 is 0.731. The van der Waals surface area contributed by atoms with E-state index in [2.05, 4.69) is 14.5 Å². The third kappa shape index (κ3) is 9.76. The van der Waals surface area contributed by atoms with E-state index in [4.69, 9.17) is 32.9 Å². The zero-order chi connectivity index (χ0) is 44.4. The van der Waals surface area contributed by atoms with Crippen LogP contribution in [-0.4, -0.2) is 67.6 Å². The average Bonchev–Trinajstić information content (AvgIpc) is 3.87. The van der Waals surface area contributed by atoms with E-state index in [0.717, 1.165) is 22.2 Å². The highest BCUT2D eigenvalue weighted by Gasteiger charge is 2.37. The van der Waals surface area contributed by atoms with Crippen LogP contribution >= 0.6 is 11.5 Å². The number of amides is 2. The average molecular weight is 882 g/mol. The second-order valence-electron chi connectivity index (χ2n) is 15.1. The van der Waals surface area contributed by atoms with Gasteiger partial charge in [0.15, 0.2) is 23.0 Å². The van der Waals surface area contributed by atoms with Crippen LogP contribution in [0.4, 0.5) is 29.3 Å². The molecule has 6 aromatic rings. The molecule has 0 N–H and O–H groups in total. The summed E-state index contributed by atoms with van der Waals surface area (Å²) in [6, 6.07) is 15.0. The molecule has 0 aliphatic heterocycles. The highest BCUT2D eigenvalue weighted by Crippen LogP contribution is 2.41. The lowest BCUT2D eigenvalue weighted by atomic mass is 10.0. The van der Waals surface area contributed by atoms with Crippen LogP contribution in [0.25, 0.3) is 22.1 Å². The van der Waals surface area contributed by atoms with Crippen molar-refractivity contribution in [3.63, 3.8) is 0 Å². The molecule has 0 fully saturated rings. The lowest BCUT2D eigenvalue weighted by Crippen LogP contribution is -2.44. The van der Waals surface area contributed by atoms with Gasteiger partial charge in [-0.25, -0.2) is 36.1 Å². The number of sulfonamides is 1. The summed E-state index contributed by atoms with van der Waals surface area (Å²) in [6.45, 7) is 9.36. The molecule has 2 amide bonds. The Morgan fingerprint density at radius 1 is 0.770 bits per heavy atom. The van der Waals surface area contributed by atoms with Crippen LogP contribution in [0.1, 0.15) is 47.1 Å². The topological polar surface area (TPSA) is 182 Å². The van der Waals surface area contributed by atoms with Gasteiger partial charge in [0.2, 0.25) is 5.13 Å². The van der Waals surface area contributed by atoms with Crippen molar-refractivity contribution in [3.05, 3.63) is 90.3 Å². The molecular formula is C41H41F2N5O11S2. The molecule has 0 saturated heterocycles. The van der Waals surface area contributed by atoms with Gasteiger partial charge in [0.1, 0.15) is 51.2 Å². The molecule has 6 rings (SSSR count). The second kappa shape index (κ2) is 17.2. The van der Waals surface area contributed by atoms with E-state index in [0.29, 0.717) is 39.7 Å².